The van der Waals surface area contributed by atoms with E-state index in [-0.39, 0.29) is 11.9 Å². The molecular formula is C18H20N2O. The number of nitrogens with one attached hydrogen (secondary N) is 1. The van der Waals surface area contributed by atoms with Crippen LogP contribution in [0.5, 0.6) is 0 Å². The number of aryl methyl sites for hydroxylation is 1. The largest absolute Gasteiger partial charge is 0.314 e. The van der Waals surface area contributed by atoms with Crippen LogP contribution in [0.15, 0.2) is 48.5 Å². The van der Waals surface area contributed by atoms with E-state index in [2.05, 4.69) is 17.4 Å². The van der Waals surface area contributed by atoms with Crippen molar-refractivity contribution < 1.29 is 4.79 Å². The van der Waals surface area contributed by atoms with Crippen molar-refractivity contribution in [2.24, 2.45) is 0 Å². The Labute approximate surface area is 125 Å². The van der Waals surface area contributed by atoms with Gasteiger partial charge in [0.15, 0.2) is 0 Å². The number of hydrogen-bond donors (Lipinski definition) is 1. The molecule has 1 heterocycles. The van der Waals surface area contributed by atoms with E-state index < -0.39 is 0 Å². The highest BCUT2D eigenvalue weighted by molar-refractivity contribution is 5.97. The van der Waals surface area contributed by atoms with Gasteiger partial charge in [0, 0.05) is 19.3 Å². The summed E-state index contributed by atoms with van der Waals surface area (Å²) in [6, 6.07) is 16.1. The predicted molar refractivity (Wildman–Crippen MR) is 85.4 cm³/mol. The van der Waals surface area contributed by atoms with Gasteiger partial charge in [-0.2, -0.15) is 0 Å². The second-order valence-electron chi connectivity index (χ2n) is 5.59. The summed E-state index contributed by atoms with van der Waals surface area (Å²) in [6.07, 6.45) is 0.755. The Hall–Kier alpha value is -2.13. The van der Waals surface area contributed by atoms with Gasteiger partial charge in [-0.25, -0.2) is 0 Å². The number of amides is 1. The fourth-order valence-corrected chi connectivity index (χ4v) is 2.92. The summed E-state index contributed by atoms with van der Waals surface area (Å²) in [5.74, 6) is 0.124. The smallest absolute Gasteiger partial charge is 0.244 e. The third-order valence-corrected chi connectivity index (χ3v) is 4.19. The van der Waals surface area contributed by atoms with E-state index in [1.54, 1.807) is 4.90 Å². The first kappa shape index (κ1) is 13.8. The summed E-state index contributed by atoms with van der Waals surface area (Å²) in [5.41, 5.74) is 4.65. The number of nitrogens with zero attached hydrogens (tertiary/aromatic N) is 1. The molecule has 3 nitrogen and oxygen atoms in total. The number of para-hydroxylation sites is 1. The summed E-state index contributed by atoms with van der Waals surface area (Å²) in [5, 5.41) is 3.35. The molecule has 108 valence electrons. The Morgan fingerprint density at radius 1 is 1.10 bits per heavy atom. The lowest BCUT2D eigenvalue weighted by Crippen LogP contribution is -2.48. The SMILES string of the molecule is Cc1ccccc1N(C)C(=O)[C@@H]1Cc2ccccc2CN1. The molecule has 0 saturated heterocycles. The van der Waals surface area contributed by atoms with Crippen molar-refractivity contribution in [1.82, 2.24) is 5.32 Å². The number of benzene rings is 2. The van der Waals surface area contributed by atoms with Crippen LogP contribution in [0.25, 0.3) is 0 Å². The van der Waals surface area contributed by atoms with Gasteiger partial charge in [-0.15, -0.1) is 0 Å². The maximum atomic E-state index is 12.7. The molecule has 3 rings (SSSR count). The van der Waals surface area contributed by atoms with Crippen LogP contribution < -0.4 is 10.2 Å². The Balaban J connectivity index is 1.79. The van der Waals surface area contributed by atoms with Gasteiger partial charge in [-0.3, -0.25) is 4.79 Å². The Morgan fingerprint density at radius 2 is 1.76 bits per heavy atom. The number of carbonyl (C=O) groups excluding carboxylic acids is 1. The average Bonchev–Trinajstić information content (AvgIpc) is 2.53. The molecule has 1 aliphatic heterocycles. The van der Waals surface area contributed by atoms with Gasteiger partial charge in [0.05, 0.1) is 6.04 Å². The van der Waals surface area contributed by atoms with Gasteiger partial charge in [-0.05, 0) is 36.1 Å². The summed E-state index contributed by atoms with van der Waals surface area (Å²) < 4.78 is 0. The van der Waals surface area contributed by atoms with Crippen molar-refractivity contribution in [3.8, 4) is 0 Å². The topological polar surface area (TPSA) is 32.3 Å². The van der Waals surface area contributed by atoms with Crippen LogP contribution in [-0.2, 0) is 17.8 Å². The van der Waals surface area contributed by atoms with Crippen molar-refractivity contribution in [1.29, 1.82) is 0 Å². The lowest BCUT2D eigenvalue weighted by molar-refractivity contribution is -0.120. The summed E-state index contributed by atoms with van der Waals surface area (Å²) in [6.45, 7) is 2.79. The highest BCUT2D eigenvalue weighted by Crippen LogP contribution is 2.21. The predicted octanol–water partition coefficient (Wildman–Crippen LogP) is 2.67. The molecule has 21 heavy (non-hydrogen) atoms. The lowest BCUT2D eigenvalue weighted by Gasteiger charge is -2.29. The molecule has 0 radical (unpaired) electrons. The van der Waals surface area contributed by atoms with E-state index in [4.69, 9.17) is 0 Å². The average molecular weight is 280 g/mol. The monoisotopic (exact) mass is 280 g/mol. The minimum atomic E-state index is -0.149. The molecule has 0 unspecified atom stereocenters. The molecule has 2 aromatic rings. The van der Waals surface area contributed by atoms with E-state index in [1.165, 1.54) is 11.1 Å². The third-order valence-electron chi connectivity index (χ3n) is 4.19. The zero-order valence-corrected chi connectivity index (χ0v) is 12.5. The molecule has 0 spiro atoms. The number of likely N-dealkylation sites (N-methyl/N-ethyl adjacent to an activating group) is 1. The minimum Gasteiger partial charge on any atom is -0.314 e. The molecule has 0 aromatic heterocycles. The highest BCUT2D eigenvalue weighted by Gasteiger charge is 2.27. The third kappa shape index (κ3) is 2.69. The molecule has 0 bridgehead atoms. The second-order valence-corrected chi connectivity index (χ2v) is 5.59. The van der Waals surface area contributed by atoms with Crippen LogP contribution in [-0.4, -0.2) is 19.0 Å². The van der Waals surface area contributed by atoms with E-state index in [0.717, 1.165) is 24.2 Å². The number of rotatable bonds is 2. The summed E-state index contributed by atoms with van der Waals surface area (Å²) in [4.78, 5) is 14.5. The van der Waals surface area contributed by atoms with Crippen LogP contribution in [0.2, 0.25) is 0 Å². The lowest BCUT2D eigenvalue weighted by atomic mass is 9.95. The first-order valence-corrected chi connectivity index (χ1v) is 7.30. The normalized spacial score (nSPS) is 17.1. The molecule has 0 saturated carbocycles. The van der Waals surface area contributed by atoms with Gasteiger partial charge in [0.1, 0.15) is 0 Å². The molecule has 2 aromatic carbocycles. The van der Waals surface area contributed by atoms with E-state index >= 15 is 0 Å². The maximum absolute atomic E-state index is 12.7. The molecule has 0 aliphatic carbocycles. The molecule has 3 heteroatoms. The van der Waals surface area contributed by atoms with Crippen molar-refractivity contribution in [3.63, 3.8) is 0 Å². The first-order valence-electron chi connectivity index (χ1n) is 7.30. The van der Waals surface area contributed by atoms with Gasteiger partial charge in [0.2, 0.25) is 5.91 Å². The summed E-state index contributed by atoms with van der Waals surface area (Å²) in [7, 11) is 1.85. The van der Waals surface area contributed by atoms with Crippen molar-refractivity contribution >= 4 is 11.6 Å². The fourth-order valence-electron chi connectivity index (χ4n) is 2.92. The van der Waals surface area contributed by atoms with Crippen LogP contribution in [0, 0.1) is 6.92 Å². The molecule has 0 fully saturated rings. The van der Waals surface area contributed by atoms with Crippen LogP contribution in [0.1, 0.15) is 16.7 Å². The van der Waals surface area contributed by atoms with Gasteiger partial charge in [-0.1, -0.05) is 42.5 Å². The van der Waals surface area contributed by atoms with Crippen molar-refractivity contribution in [2.45, 2.75) is 25.9 Å². The molecule has 1 amide bonds. The van der Waals surface area contributed by atoms with Gasteiger partial charge < -0.3 is 10.2 Å². The van der Waals surface area contributed by atoms with Crippen LogP contribution in [0.4, 0.5) is 5.69 Å². The molecule has 1 aliphatic rings. The molecular weight excluding hydrogens is 260 g/mol. The van der Waals surface area contributed by atoms with Gasteiger partial charge in [0.25, 0.3) is 0 Å². The Kier molecular flexibility index (Phi) is 3.76. The quantitative estimate of drug-likeness (QED) is 0.917. The zero-order chi connectivity index (χ0) is 14.8. The second kappa shape index (κ2) is 5.70. The number of fused-ring (bicyclic) bond motifs is 1. The fraction of sp³-hybridized carbons (Fsp3) is 0.278. The first-order chi connectivity index (χ1) is 10.2. The maximum Gasteiger partial charge on any atom is 0.244 e. The van der Waals surface area contributed by atoms with E-state index in [1.807, 2.05) is 50.4 Å². The standard InChI is InChI=1S/C18H20N2O/c1-13-7-3-6-10-17(13)20(2)18(21)16-11-14-8-4-5-9-15(14)12-19-16/h3-10,16,19H,11-12H2,1-2H3/t16-/m0/s1. The number of carbonyl (C=O) groups is 1. The minimum absolute atomic E-state index is 0.124. The Bertz CT molecular complexity index is 666. The highest BCUT2D eigenvalue weighted by atomic mass is 16.2. The molecule has 1 N–H and O–H groups in total. The van der Waals surface area contributed by atoms with Crippen LogP contribution >= 0.6 is 0 Å². The van der Waals surface area contributed by atoms with E-state index in [9.17, 15) is 4.79 Å². The van der Waals surface area contributed by atoms with E-state index in [0.29, 0.717) is 0 Å². The summed E-state index contributed by atoms with van der Waals surface area (Å²) >= 11 is 0. The van der Waals surface area contributed by atoms with Crippen molar-refractivity contribution in [3.05, 3.63) is 65.2 Å². The number of anilines is 1. The Morgan fingerprint density at radius 3 is 2.52 bits per heavy atom. The van der Waals surface area contributed by atoms with Crippen LogP contribution in [0.3, 0.4) is 0 Å². The molecule has 1 atom stereocenters. The van der Waals surface area contributed by atoms with Gasteiger partial charge >= 0.3 is 0 Å². The van der Waals surface area contributed by atoms with Crippen molar-refractivity contribution in [2.75, 3.05) is 11.9 Å². The number of hydrogen-bond acceptors (Lipinski definition) is 2. The zero-order valence-electron chi connectivity index (χ0n) is 12.5.